The van der Waals surface area contributed by atoms with Crippen LogP contribution in [0, 0.1) is 6.92 Å². The van der Waals surface area contributed by atoms with Gasteiger partial charge in [0.05, 0.1) is 6.10 Å². The van der Waals surface area contributed by atoms with Crippen LogP contribution in [-0.2, 0) is 0 Å². The van der Waals surface area contributed by atoms with E-state index in [0.717, 1.165) is 24.8 Å². The van der Waals surface area contributed by atoms with E-state index >= 15 is 0 Å². The van der Waals surface area contributed by atoms with E-state index in [1.54, 1.807) is 0 Å². The standard InChI is InChI=1S/C18H29NO/c1-13(2)17-10-7-14(3)12-18(17)20-15(4)6-5-11-19-16-8-9-16/h7,10,12-13,15-16,19H,5-6,8-9,11H2,1-4H3. The minimum atomic E-state index is 0.287. The van der Waals surface area contributed by atoms with Crippen LogP contribution in [0.5, 0.6) is 5.75 Å². The van der Waals surface area contributed by atoms with Crippen LogP contribution < -0.4 is 10.1 Å². The van der Waals surface area contributed by atoms with Gasteiger partial charge in [0.1, 0.15) is 5.75 Å². The van der Waals surface area contributed by atoms with E-state index in [-0.39, 0.29) is 6.10 Å². The van der Waals surface area contributed by atoms with E-state index in [0.29, 0.717) is 5.92 Å². The van der Waals surface area contributed by atoms with Gasteiger partial charge < -0.3 is 10.1 Å². The zero-order valence-electron chi connectivity index (χ0n) is 13.4. The summed E-state index contributed by atoms with van der Waals surface area (Å²) in [5.74, 6) is 1.58. The summed E-state index contributed by atoms with van der Waals surface area (Å²) in [6.07, 6.45) is 5.33. The minimum absolute atomic E-state index is 0.287. The molecule has 2 rings (SSSR count). The molecule has 0 bridgehead atoms. The first-order chi connectivity index (χ1) is 9.56. The molecule has 0 saturated heterocycles. The van der Waals surface area contributed by atoms with Gasteiger partial charge in [-0.1, -0.05) is 26.0 Å². The molecule has 1 aromatic rings. The molecule has 0 spiro atoms. The van der Waals surface area contributed by atoms with Gasteiger partial charge in [0.15, 0.2) is 0 Å². The molecule has 0 amide bonds. The Balaban J connectivity index is 1.82. The predicted octanol–water partition coefficient (Wildman–Crippen LogP) is 4.42. The smallest absolute Gasteiger partial charge is 0.123 e. The zero-order valence-corrected chi connectivity index (χ0v) is 13.4. The molecule has 1 saturated carbocycles. The normalized spacial score (nSPS) is 16.4. The fourth-order valence-electron chi connectivity index (χ4n) is 2.48. The summed E-state index contributed by atoms with van der Waals surface area (Å²) in [7, 11) is 0. The second-order valence-electron chi connectivity index (χ2n) is 6.50. The first kappa shape index (κ1) is 15.4. The van der Waals surface area contributed by atoms with Crippen molar-refractivity contribution < 1.29 is 4.74 Å². The molecule has 1 aliphatic rings. The van der Waals surface area contributed by atoms with Gasteiger partial charge in [0.2, 0.25) is 0 Å². The van der Waals surface area contributed by atoms with Crippen molar-refractivity contribution in [3.05, 3.63) is 29.3 Å². The van der Waals surface area contributed by atoms with E-state index in [4.69, 9.17) is 4.74 Å². The van der Waals surface area contributed by atoms with Gasteiger partial charge in [-0.05, 0) is 69.2 Å². The van der Waals surface area contributed by atoms with Gasteiger partial charge >= 0.3 is 0 Å². The fourth-order valence-corrected chi connectivity index (χ4v) is 2.48. The van der Waals surface area contributed by atoms with Gasteiger partial charge in [-0.3, -0.25) is 0 Å². The molecule has 2 nitrogen and oxygen atoms in total. The third-order valence-electron chi connectivity index (χ3n) is 3.92. The highest BCUT2D eigenvalue weighted by molar-refractivity contribution is 5.39. The molecule has 0 aliphatic heterocycles. The molecule has 0 aromatic heterocycles. The molecule has 112 valence electrons. The Hall–Kier alpha value is -1.02. The topological polar surface area (TPSA) is 21.3 Å². The zero-order chi connectivity index (χ0) is 14.5. The average molecular weight is 275 g/mol. The summed E-state index contributed by atoms with van der Waals surface area (Å²) in [5, 5.41) is 3.56. The largest absolute Gasteiger partial charge is 0.490 e. The summed E-state index contributed by atoms with van der Waals surface area (Å²) < 4.78 is 6.18. The van der Waals surface area contributed by atoms with Crippen molar-refractivity contribution in [1.29, 1.82) is 0 Å². The quantitative estimate of drug-likeness (QED) is 0.709. The van der Waals surface area contributed by atoms with Crippen molar-refractivity contribution in [3.8, 4) is 5.75 Å². The molecule has 0 heterocycles. The number of rotatable bonds is 8. The van der Waals surface area contributed by atoms with Gasteiger partial charge in [0.25, 0.3) is 0 Å². The lowest BCUT2D eigenvalue weighted by Gasteiger charge is -2.19. The van der Waals surface area contributed by atoms with Crippen LogP contribution in [0.4, 0.5) is 0 Å². The van der Waals surface area contributed by atoms with Gasteiger partial charge in [0, 0.05) is 6.04 Å². The summed E-state index contributed by atoms with van der Waals surface area (Å²) >= 11 is 0. The van der Waals surface area contributed by atoms with Crippen LogP contribution in [0.3, 0.4) is 0 Å². The summed E-state index contributed by atoms with van der Waals surface area (Å²) in [4.78, 5) is 0. The Bertz CT molecular complexity index is 423. The molecule has 1 unspecified atom stereocenters. The van der Waals surface area contributed by atoms with Crippen LogP contribution in [0.15, 0.2) is 18.2 Å². The highest BCUT2D eigenvalue weighted by atomic mass is 16.5. The molecule has 1 atom stereocenters. The van der Waals surface area contributed by atoms with Gasteiger partial charge in [-0.15, -0.1) is 0 Å². The monoisotopic (exact) mass is 275 g/mol. The maximum absolute atomic E-state index is 6.18. The third kappa shape index (κ3) is 4.82. The molecular weight excluding hydrogens is 246 g/mol. The number of nitrogens with one attached hydrogen (secondary N) is 1. The maximum atomic E-state index is 6.18. The highest BCUT2D eigenvalue weighted by Crippen LogP contribution is 2.28. The summed E-state index contributed by atoms with van der Waals surface area (Å²) in [6.45, 7) is 9.89. The lowest BCUT2D eigenvalue weighted by atomic mass is 10.0. The van der Waals surface area contributed by atoms with Crippen LogP contribution in [0.2, 0.25) is 0 Å². The van der Waals surface area contributed by atoms with Crippen LogP contribution >= 0.6 is 0 Å². The fraction of sp³-hybridized carbons (Fsp3) is 0.667. The molecule has 1 aliphatic carbocycles. The molecular formula is C18H29NO. The summed E-state index contributed by atoms with van der Waals surface area (Å²) in [6, 6.07) is 7.37. The lowest BCUT2D eigenvalue weighted by molar-refractivity contribution is 0.204. The average Bonchev–Trinajstić information content (AvgIpc) is 3.18. The first-order valence-electron chi connectivity index (χ1n) is 8.07. The Labute approximate surface area is 123 Å². The van der Waals surface area contributed by atoms with Gasteiger partial charge in [-0.2, -0.15) is 0 Å². The Morgan fingerprint density at radius 1 is 1.25 bits per heavy atom. The van der Waals surface area contributed by atoms with Crippen LogP contribution in [-0.4, -0.2) is 18.7 Å². The predicted molar refractivity (Wildman–Crippen MR) is 85.6 cm³/mol. The molecule has 20 heavy (non-hydrogen) atoms. The number of ether oxygens (including phenoxy) is 1. The minimum Gasteiger partial charge on any atom is -0.490 e. The number of hydrogen-bond acceptors (Lipinski definition) is 2. The molecule has 1 aromatic carbocycles. The van der Waals surface area contributed by atoms with E-state index in [1.807, 2.05) is 0 Å². The SMILES string of the molecule is Cc1ccc(C(C)C)c(OC(C)CCCNC2CC2)c1. The second kappa shape index (κ2) is 7.12. The highest BCUT2D eigenvalue weighted by Gasteiger charge is 2.19. The van der Waals surface area contributed by atoms with E-state index in [1.165, 1.54) is 30.4 Å². The third-order valence-corrected chi connectivity index (χ3v) is 3.92. The number of aryl methyl sites for hydroxylation is 1. The van der Waals surface area contributed by atoms with E-state index < -0.39 is 0 Å². The molecule has 1 N–H and O–H groups in total. The lowest BCUT2D eigenvalue weighted by Crippen LogP contribution is -2.20. The number of benzene rings is 1. The Morgan fingerprint density at radius 2 is 2.00 bits per heavy atom. The van der Waals surface area contributed by atoms with Crippen LogP contribution in [0.25, 0.3) is 0 Å². The molecule has 1 fully saturated rings. The molecule has 0 radical (unpaired) electrons. The van der Waals surface area contributed by atoms with Crippen molar-refractivity contribution in [1.82, 2.24) is 5.32 Å². The van der Waals surface area contributed by atoms with Crippen molar-refractivity contribution in [2.24, 2.45) is 0 Å². The van der Waals surface area contributed by atoms with Crippen molar-refractivity contribution >= 4 is 0 Å². The van der Waals surface area contributed by atoms with E-state index in [2.05, 4.69) is 51.2 Å². The van der Waals surface area contributed by atoms with Crippen LogP contribution in [0.1, 0.15) is 63.5 Å². The van der Waals surface area contributed by atoms with Crippen molar-refractivity contribution in [2.75, 3.05) is 6.54 Å². The first-order valence-corrected chi connectivity index (χ1v) is 8.07. The molecule has 2 heteroatoms. The maximum Gasteiger partial charge on any atom is 0.123 e. The second-order valence-corrected chi connectivity index (χ2v) is 6.50. The Morgan fingerprint density at radius 3 is 2.65 bits per heavy atom. The van der Waals surface area contributed by atoms with Crippen molar-refractivity contribution in [2.45, 2.75) is 71.4 Å². The van der Waals surface area contributed by atoms with Crippen molar-refractivity contribution in [3.63, 3.8) is 0 Å². The summed E-state index contributed by atoms with van der Waals surface area (Å²) in [5.41, 5.74) is 2.59. The number of hydrogen-bond donors (Lipinski definition) is 1. The van der Waals surface area contributed by atoms with E-state index in [9.17, 15) is 0 Å². The van der Waals surface area contributed by atoms with Gasteiger partial charge in [-0.25, -0.2) is 0 Å². The Kier molecular flexibility index (Phi) is 5.47.